The first-order valence-corrected chi connectivity index (χ1v) is 3.61. The maximum absolute atomic E-state index is 11.2. The maximum atomic E-state index is 11.2. The molecule has 0 aromatic rings. The number of rotatable bonds is 2. The second kappa shape index (κ2) is 9.15. The van der Waals surface area contributed by atoms with E-state index < -0.39 is 0 Å². The highest BCUT2D eigenvalue weighted by Crippen LogP contribution is 1.96. The van der Waals surface area contributed by atoms with Gasteiger partial charge in [0.15, 0.2) is 0 Å². The molecule has 0 heterocycles. The average Bonchev–Trinajstić information content (AvgIpc) is 1.87. The minimum atomic E-state index is 0.506. The molecule has 0 nitrogen and oxygen atoms in total. The van der Waals surface area contributed by atoms with Crippen LogP contribution < -0.4 is 0 Å². The lowest BCUT2D eigenvalue weighted by molar-refractivity contribution is 0.719. The molecule has 0 unspecified atom stereocenters. The van der Waals surface area contributed by atoms with Crippen molar-refractivity contribution in [2.45, 2.75) is 27.2 Å². The van der Waals surface area contributed by atoms with Crippen molar-refractivity contribution in [3.8, 4) is 0 Å². The Kier molecular flexibility index (Phi) is 10.6. The van der Waals surface area contributed by atoms with Gasteiger partial charge in [-0.2, -0.15) is 0 Å². The predicted octanol–water partition coefficient (Wildman–Crippen LogP) is 4.02. The highest BCUT2D eigenvalue weighted by Gasteiger charge is 1.76. The van der Waals surface area contributed by atoms with Crippen LogP contribution in [0.1, 0.15) is 27.2 Å². The summed E-state index contributed by atoms with van der Waals surface area (Å²) >= 11 is 0. The molecule has 0 atom stereocenters. The molecule has 1 heteroatoms. The van der Waals surface area contributed by atoms with Crippen LogP contribution in [0.25, 0.3) is 0 Å². The van der Waals surface area contributed by atoms with Crippen LogP contribution in [0, 0.1) is 0 Å². The van der Waals surface area contributed by atoms with E-state index >= 15 is 0 Å². The van der Waals surface area contributed by atoms with E-state index in [1.165, 1.54) is 11.6 Å². The largest absolute Gasteiger partial charge is 0.216 e. The molecular formula is C10H17F. The van der Waals surface area contributed by atoms with E-state index in [9.17, 15) is 4.39 Å². The van der Waals surface area contributed by atoms with Gasteiger partial charge in [0, 0.05) is 0 Å². The Bertz CT molecular complexity index is 139. The topological polar surface area (TPSA) is 0 Å². The lowest BCUT2D eigenvalue weighted by atomic mass is 10.2. The summed E-state index contributed by atoms with van der Waals surface area (Å²) in [6, 6.07) is 0. The molecule has 0 N–H and O–H groups in total. The fraction of sp³-hybridized carbons (Fsp3) is 0.400. The van der Waals surface area contributed by atoms with E-state index in [-0.39, 0.29) is 0 Å². The first-order valence-electron chi connectivity index (χ1n) is 3.61. The van der Waals surface area contributed by atoms with Crippen molar-refractivity contribution in [1.29, 1.82) is 0 Å². The maximum Gasteiger partial charge on any atom is 0.0869 e. The first kappa shape index (κ1) is 12.8. The molecule has 0 saturated carbocycles. The van der Waals surface area contributed by atoms with Crippen LogP contribution in [0.4, 0.5) is 4.39 Å². The minimum Gasteiger partial charge on any atom is -0.216 e. The van der Waals surface area contributed by atoms with Gasteiger partial charge in [0.2, 0.25) is 0 Å². The normalized spacial score (nSPS) is 8.73. The van der Waals surface area contributed by atoms with E-state index in [4.69, 9.17) is 0 Å². The molecular weight excluding hydrogens is 139 g/mol. The van der Waals surface area contributed by atoms with Crippen LogP contribution in [0.5, 0.6) is 0 Å². The van der Waals surface area contributed by atoms with Crippen LogP contribution >= 0.6 is 0 Å². The van der Waals surface area contributed by atoms with E-state index in [1.54, 1.807) is 0 Å². The van der Waals surface area contributed by atoms with Crippen molar-refractivity contribution in [3.05, 3.63) is 36.7 Å². The molecule has 0 radical (unpaired) electrons. The summed E-state index contributed by atoms with van der Waals surface area (Å²) in [7, 11) is 0. The van der Waals surface area contributed by atoms with Crippen LogP contribution in [0.2, 0.25) is 0 Å². The molecule has 0 saturated heterocycles. The van der Waals surface area contributed by atoms with E-state index in [1.807, 2.05) is 20.8 Å². The lowest BCUT2D eigenvalue weighted by Crippen LogP contribution is -1.64. The summed E-state index contributed by atoms with van der Waals surface area (Å²) in [5.41, 5.74) is 1.99. The Balaban J connectivity index is 0. The van der Waals surface area contributed by atoms with Crippen LogP contribution in [0.15, 0.2) is 36.7 Å². The zero-order chi connectivity index (χ0) is 9.28. The van der Waals surface area contributed by atoms with Crippen molar-refractivity contribution in [2.24, 2.45) is 0 Å². The summed E-state index contributed by atoms with van der Waals surface area (Å²) in [5, 5.41) is 0. The standard InChI is InChI=1S/C6H9F.C4H8/c1-3-6(2)4-5-7;1-4(2)3/h4-5H,2-3H2,1H3;1H2,2-3H3/b5-4+;. The molecule has 0 aromatic heterocycles. The third-order valence-corrected chi connectivity index (χ3v) is 0.753. The molecule has 0 spiro atoms. The molecule has 0 bridgehead atoms. The van der Waals surface area contributed by atoms with E-state index in [2.05, 4.69) is 13.2 Å². The van der Waals surface area contributed by atoms with Crippen LogP contribution in [-0.4, -0.2) is 0 Å². The quantitative estimate of drug-likeness (QED) is 0.418. The van der Waals surface area contributed by atoms with Gasteiger partial charge in [-0.15, -0.1) is 6.58 Å². The zero-order valence-electron chi connectivity index (χ0n) is 7.65. The summed E-state index contributed by atoms with van der Waals surface area (Å²) < 4.78 is 11.2. The van der Waals surface area contributed by atoms with Gasteiger partial charge in [-0.25, -0.2) is 4.39 Å². The Hall–Kier alpha value is -0.850. The molecule has 0 aromatic carbocycles. The molecule has 0 aliphatic heterocycles. The van der Waals surface area contributed by atoms with E-state index in [0.717, 1.165) is 12.0 Å². The van der Waals surface area contributed by atoms with Crippen molar-refractivity contribution in [3.63, 3.8) is 0 Å². The fourth-order valence-electron chi connectivity index (χ4n) is 0.207. The smallest absolute Gasteiger partial charge is 0.0869 e. The van der Waals surface area contributed by atoms with Gasteiger partial charge in [-0.3, -0.25) is 0 Å². The summed E-state index contributed by atoms with van der Waals surface area (Å²) in [5.74, 6) is 0. The van der Waals surface area contributed by atoms with Crippen molar-refractivity contribution < 1.29 is 4.39 Å². The number of hydrogen-bond donors (Lipinski definition) is 0. The van der Waals surface area contributed by atoms with Crippen molar-refractivity contribution >= 4 is 0 Å². The monoisotopic (exact) mass is 156 g/mol. The Morgan fingerprint density at radius 2 is 1.73 bits per heavy atom. The lowest BCUT2D eigenvalue weighted by Gasteiger charge is -1.84. The molecule has 0 amide bonds. The summed E-state index contributed by atoms with van der Waals surface area (Å²) in [4.78, 5) is 0. The van der Waals surface area contributed by atoms with Crippen LogP contribution in [0.3, 0.4) is 0 Å². The minimum absolute atomic E-state index is 0.506. The third-order valence-electron chi connectivity index (χ3n) is 0.753. The van der Waals surface area contributed by atoms with Crippen LogP contribution in [-0.2, 0) is 0 Å². The molecule has 0 aliphatic carbocycles. The van der Waals surface area contributed by atoms with Gasteiger partial charge in [-0.1, -0.05) is 24.6 Å². The van der Waals surface area contributed by atoms with Gasteiger partial charge in [0.1, 0.15) is 0 Å². The van der Waals surface area contributed by atoms with Crippen molar-refractivity contribution in [2.75, 3.05) is 0 Å². The second-order valence-electron chi connectivity index (χ2n) is 2.51. The highest BCUT2D eigenvalue weighted by molar-refractivity contribution is 5.10. The molecule has 0 aliphatic rings. The zero-order valence-corrected chi connectivity index (χ0v) is 7.65. The number of allylic oxidation sites excluding steroid dienone is 3. The summed E-state index contributed by atoms with van der Waals surface area (Å²) in [6.07, 6.45) is 2.69. The predicted molar refractivity (Wildman–Crippen MR) is 50.2 cm³/mol. The molecule has 0 fully saturated rings. The SMILES string of the molecule is C=C(/C=C/F)CC.C=C(C)C. The molecule has 64 valence electrons. The summed E-state index contributed by atoms with van der Waals surface area (Å²) in [6.45, 7) is 13.0. The third kappa shape index (κ3) is 27.2. The highest BCUT2D eigenvalue weighted by atomic mass is 19.1. The van der Waals surface area contributed by atoms with Gasteiger partial charge in [-0.05, 0) is 26.3 Å². The number of hydrogen-bond acceptors (Lipinski definition) is 0. The second-order valence-corrected chi connectivity index (χ2v) is 2.51. The Morgan fingerprint density at radius 3 is 1.82 bits per heavy atom. The first-order chi connectivity index (χ1) is 5.04. The average molecular weight is 156 g/mol. The van der Waals surface area contributed by atoms with Crippen molar-refractivity contribution in [1.82, 2.24) is 0 Å². The molecule has 11 heavy (non-hydrogen) atoms. The fourth-order valence-corrected chi connectivity index (χ4v) is 0.207. The Labute approximate surface area is 69.1 Å². The van der Waals surface area contributed by atoms with Gasteiger partial charge >= 0.3 is 0 Å². The van der Waals surface area contributed by atoms with E-state index in [0.29, 0.717) is 6.33 Å². The van der Waals surface area contributed by atoms with Gasteiger partial charge in [0.25, 0.3) is 0 Å². The van der Waals surface area contributed by atoms with Gasteiger partial charge < -0.3 is 0 Å². The number of halogens is 1. The van der Waals surface area contributed by atoms with Gasteiger partial charge in [0.05, 0.1) is 6.33 Å². The molecule has 0 rings (SSSR count). The Morgan fingerprint density at radius 1 is 1.36 bits per heavy atom.